The van der Waals surface area contributed by atoms with E-state index in [0.717, 1.165) is 102 Å². The zero-order chi connectivity index (χ0) is 57.8. The van der Waals surface area contributed by atoms with Gasteiger partial charge in [-0.05, 0) is 31.6 Å². The van der Waals surface area contributed by atoms with Crippen LogP contribution in [0.25, 0.3) is 0 Å². The predicted molar refractivity (Wildman–Crippen MR) is 308 cm³/mol. The maximum absolute atomic E-state index is 12.9. The minimum absolute atomic E-state index is 0.105. The second kappa shape index (κ2) is 53.1. The van der Waals surface area contributed by atoms with Gasteiger partial charge in [0.05, 0.1) is 26.4 Å². The van der Waals surface area contributed by atoms with Gasteiger partial charge in [0.2, 0.25) is 0 Å². The molecule has 462 valence electrons. The number of phosphoric ester groups is 2. The summed E-state index contributed by atoms with van der Waals surface area (Å²) >= 11 is 0. The third kappa shape index (κ3) is 53.4. The van der Waals surface area contributed by atoms with Crippen LogP contribution in [0.1, 0.15) is 291 Å². The van der Waals surface area contributed by atoms with Crippen molar-refractivity contribution < 1.29 is 80.2 Å². The first-order valence-electron chi connectivity index (χ1n) is 31.1. The van der Waals surface area contributed by atoms with Crippen molar-refractivity contribution in [1.29, 1.82) is 0 Å². The van der Waals surface area contributed by atoms with E-state index in [2.05, 4.69) is 34.6 Å². The highest BCUT2D eigenvalue weighted by Gasteiger charge is 2.30. The molecule has 0 saturated heterocycles. The maximum Gasteiger partial charge on any atom is 0.472 e. The molecule has 0 aromatic carbocycles. The monoisotopic (exact) mass is 1160 g/mol. The summed E-state index contributed by atoms with van der Waals surface area (Å²) < 4.78 is 67.6. The van der Waals surface area contributed by atoms with Crippen LogP contribution in [0.5, 0.6) is 0 Å². The summed E-state index contributed by atoms with van der Waals surface area (Å²) in [6, 6.07) is 0. The number of esters is 4. The molecule has 5 atom stereocenters. The van der Waals surface area contributed by atoms with Crippen molar-refractivity contribution in [1.82, 2.24) is 0 Å². The Kier molecular flexibility index (Phi) is 51.8. The molecule has 17 nitrogen and oxygen atoms in total. The molecule has 0 heterocycles. The lowest BCUT2D eigenvalue weighted by Gasteiger charge is -2.21. The highest BCUT2D eigenvalue weighted by Crippen LogP contribution is 2.45. The van der Waals surface area contributed by atoms with E-state index in [-0.39, 0.29) is 25.7 Å². The molecule has 2 unspecified atom stereocenters. The molecule has 0 rings (SSSR count). The van der Waals surface area contributed by atoms with Crippen molar-refractivity contribution in [3.63, 3.8) is 0 Å². The number of aliphatic hydroxyl groups is 1. The van der Waals surface area contributed by atoms with E-state index in [4.69, 9.17) is 37.0 Å². The Labute approximate surface area is 473 Å². The number of rotatable bonds is 59. The van der Waals surface area contributed by atoms with Crippen LogP contribution in [-0.2, 0) is 65.4 Å². The van der Waals surface area contributed by atoms with Crippen LogP contribution < -0.4 is 0 Å². The van der Waals surface area contributed by atoms with Crippen LogP contribution in [0.4, 0.5) is 0 Å². The van der Waals surface area contributed by atoms with Crippen molar-refractivity contribution in [3.05, 3.63) is 0 Å². The summed E-state index contributed by atoms with van der Waals surface area (Å²) in [6.45, 7) is 7.03. The van der Waals surface area contributed by atoms with E-state index in [9.17, 15) is 43.2 Å². The van der Waals surface area contributed by atoms with Gasteiger partial charge in [-0.3, -0.25) is 37.3 Å². The van der Waals surface area contributed by atoms with E-state index in [1.54, 1.807) is 0 Å². The fraction of sp³-hybridized carbons (Fsp3) is 0.932. The molecule has 0 spiro atoms. The molecule has 0 aliphatic heterocycles. The molecule has 0 aromatic heterocycles. The lowest BCUT2D eigenvalue weighted by atomic mass is 10.0. The van der Waals surface area contributed by atoms with Gasteiger partial charge in [-0.15, -0.1) is 0 Å². The highest BCUT2D eigenvalue weighted by molar-refractivity contribution is 7.47. The number of carbonyl (C=O) groups excluding carboxylic acids is 4. The molecule has 0 amide bonds. The van der Waals surface area contributed by atoms with Gasteiger partial charge in [0.15, 0.2) is 12.2 Å². The number of unbranched alkanes of at least 4 members (excludes halogenated alkanes) is 31. The van der Waals surface area contributed by atoms with E-state index < -0.39 is 97.5 Å². The zero-order valence-corrected chi connectivity index (χ0v) is 51.6. The minimum Gasteiger partial charge on any atom is -0.462 e. The number of phosphoric acid groups is 2. The van der Waals surface area contributed by atoms with Crippen LogP contribution in [0.15, 0.2) is 0 Å². The average Bonchev–Trinajstić information content (AvgIpc) is 3.40. The Bertz CT molecular complexity index is 1530. The topological polar surface area (TPSA) is 237 Å². The molecule has 0 aromatic rings. The Morgan fingerprint density at radius 2 is 0.590 bits per heavy atom. The number of carbonyl (C=O) groups is 4. The summed E-state index contributed by atoms with van der Waals surface area (Å²) in [5.74, 6) is -1.41. The Morgan fingerprint density at radius 3 is 0.872 bits per heavy atom. The van der Waals surface area contributed by atoms with Crippen molar-refractivity contribution in [2.75, 3.05) is 39.6 Å². The second-order valence-corrected chi connectivity index (χ2v) is 24.8. The first-order chi connectivity index (χ1) is 37.5. The van der Waals surface area contributed by atoms with Crippen LogP contribution >= 0.6 is 15.6 Å². The fourth-order valence-corrected chi connectivity index (χ4v) is 10.3. The summed E-state index contributed by atoms with van der Waals surface area (Å²) in [7, 11) is -9.86. The van der Waals surface area contributed by atoms with Gasteiger partial charge in [0.1, 0.15) is 19.3 Å². The Morgan fingerprint density at radius 1 is 0.346 bits per heavy atom. The first-order valence-corrected chi connectivity index (χ1v) is 34.1. The SMILES string of the molecule is CCCCCCCCCCCCCCC(=O)OC[C@H](COP(=O)(O)OC[C@@H](O)COP(=O)(O)OC[C@@H](COC(=O)CCCCCCC)OC(=O)CCCCCCCCCCC)OC(=O)CCCCCCCCCCCC(C)C. The van der Waals surface area contributed by atoms with Gasteiger partial charge in [-0.25, -0.2) is 9.13 Å². The molecule has 0 radical (unpaired) electrons. The van der Waals surface area contributed by atoms with Gasteiger partial charge in [-0.1, -0.05) is 240 Å². The summed E-state index contributed by atoms with van der Waals surface area (Å²) in [5.41, 5.74) is 0. The predicted octanol–water partition coefficient (Wildman–Crippen LogP) is 15.8. The zero-order valence-electron chi connectivity index (χ0n) is 49.8. The summed E-state index contributed by atoms with van der Waals surface area (Å²) in [4.78, 5) is 71.7. The Balaban J connectivity index is 5.18. The maximum atomic E-state index is 12.9. The molecule has 0 saturated carbocycles. The molecular weight excluding hydrogens is 1040 g/mol. The second-order valence-electron chi connectivity index (χ2n) is 21.9. The number of ether oxygens (including phenoxy) is 4. The normalized spacial score (nSPS) is 14.4. The molecule has 0 bridgehead atoms. The van der Waals surface area contributed by atoms with Crippen molar-refractivity contribution in [2.24, 2.45) is 5.92 Å². The van der Waals surface area contributed by atoms with Gasteiger partial charge < -0.3 is 33.8 Å². The molecule has 0 aliphatic carbocycles. The molecule has 0 aliphatic rings. The summed E-state index contributed by atoms with van der Waals surface area (Å²) in [6.07, 6.45) is 35.1. The number of aliphatic hydroxyl groups excluding tert-OH is 1. The van der Waals surface area contributed by atoms with Crippen molar-refractivity contribution in [2.45, 2.75) is 310 Å². The highest BCUT2D eigenvalue weighted by atomic mass is 31.2. The molecule has 78 heavy (non-hydrogen) atoms. The van der Waals surface area contributed by atoms with Gasteiger partial charge in [-0.2, -0.15) is 0 Å². The van der Waals surface area contributed by atoms with E-state index in [1.807, 2.05) is 0 Å². The third-order valence-electron chi connectivity index (χ3n) is 13.5. The fourth-order valence-electron chi connectivity index (χ4n) is 8.70. The van der Waals surface area contributed by atoms with Crippen molar-refractivity contribution in [3.8, 4) is 0 Å². The quantitative estimate of drug-likeness (QED) is 0.0222. The molecule has 19 heteroatoms. The van der Waals surface area contributed by atoms with Gasteiger partial charge in [0.25, 0.3) is 0 Å². The van der Waals surface area contributed by atoms with Crippen LogP contribution in [0.3, 0.4) is 0 Å². The van der Waals surface area contributed by atoms with Crippen molar-refractivity contribution >= 4 is 39.5 Å². The smallest absolute Gasteiger partial charge is 0.462 e. The van der Waals surface area contributed by atoms with Crippen LogP contribution in [-0.4, -0.2) is 96.7 Å². The van der Waals surface area contributed by atoms with Crippen LogP contribution in [0.2, 0.25) is 0 Å². The molecule has 3 N–H and O–H groups in total. The Hall–Kier alpha value is -1.94. The summed E-state index contributed by atoms with van der Waals surface area (Å²) in [5, 5.41) is 10.5. The van der Waals surface area contributed by atoms with E-state index >= 15 is 0 Å². The minimum atomic E-state index is -4.94. The van der Waals surface area contributed by atoms with Gasteiger partial charge in [0, 0.05) is 25.7 Å². The standard InChI is InChI=1S/C59H114O17P2/c1-6-9-12-15-17-19-20-21-25-28-33-38-43-57(62)70-49-55(76-59(64)45-40-35-30-26-22-24-27-32-36-41-52(4)5)51-74-78(67,68)72-47-53(60)46-71-77(65,66)73-50-54(48-69-56(61)42-37-31-14-11-8-3)75-58(63)44-39-34-29-23-18-16-13-10-7-2/h52-55,60H,6-51H2,1-5H3,(H,65,66)(H,67,68)/t53-,54+,55+/m0/s1. The largest absolute Gasteiger partial charge is 0.472 e. The number of hydrogen-bond acceptors (Lipinski definition) is 15. The molecule has 0 fully saturated rings. The lowest BCUT2D eigenvalue weighted by Crippen LogP contribution is -2.30. The lowest BCUT2D eigenvalue weighted by molar-refractivity contribution is -0.161. The average molecular weight is 1160 g/mol. The van der Waals surface area contributed by atoms with Gasteiger partial charge >= 0.3 is 39.5 Å². The number of hydrogen-bond donors (Lipinski definition) is 3. The van der Waals surface area contributed by atoms with Crippen LogP contribution in [0, 0.1) is 5.92 Å². The third-order valence-corrected chi connectivity index (χ3v) is 15.4. The van der Waals surface area contributed by atoms with E-state index in [1.165, 1.54) is 109 Å². The van der Waals surface area contributed by atoms with E-state index in [0.29, 0.717) is 25.7 Å². The molecular formula is C59H114O17P2. The first kappa shape index (κ1) is 76.1.